The van der Waals surface area contributed by atoms with Crippen LogP contribution in [0.5, 0.6) is 11.5 Å². The molecule has 0 aliphatic carbocycles. The highest BCUT2D eigenvalue weighted by Gasteiger charge is 2.17. The Morgan fingerprint density at radius 3 is 2.19 bits per heavy atom. The molecular weight excluding hydrogens is 583 g/mol. The molecule has 8 heteroatoms. The molecule has 0 aromatic heterocycles. The Kier molecular flexibility index (Phi) is 11.3. The van der Waals surface area contributed by atoms with Gasteiger partial charge in [0.05, 0.1) is 16.7 Å². The summed E-state index contributed by atoms with van der Waals surface area (Å²) < 4.78 is 16.7. The van der Waals surface area contributed by atoms with Crippen molar-refractivity contribution in [3.05, 3.63) is 117 Å². The average molecular weight is 622 g/mol. The van der Waals surface area contributed by atoms with E-state index < -0.39 is 6.09 Å². The van der Waals surface area contributed by atoms with E-state index in [-0.39, 0.29) is 18.4 Å². The smallest absolute Gasteiger partial charge is 0.404 e. The highest BCUT2D eigenvalue weighted by Crippen LogP contribution is 2.35. The van der Waals surface area contributed by atoms with Gasteiger partial charge in [-0.15, -0.1) is 0 Å². The third-order valence-electron chi connectivity index (χ3n) is 7.42. The van der Waals surface area contributed by atoms with E-state index in [2.05, 4.69) is 49.4 Å². The highest BCUT2D eigenvalue weighted by atomic mass is 35.5. The molecule has 6 nitrogen and oxygen atoms in total. The van der Waals surface area contributed by atoms with E-state index in [1.165, 1.54) is 16.7 Å². The number of ether oxygens (including phenoxy) is 3. The Labute approximate surface area is 263 Å². The normalized spacial score (nSPS) is 12.4. The van der Waals surface area contributed by atoms with Gasteiger partial charge in [-0.3, -0.25) is 0 Å². The zero-order valence-corrected chi connectivity index (χ0v) is 26.3. The van der Waals surface area contributed by atoms with Crippen LogP contribution in [0.4, 0.5) is 4.79 Å². The maximum Gasteiger partial charge on any atom is 0.404 e. The van der Waals surface area contributed by atoms with Gasteiger partial charge in [-0.05, 0) is 90.0 Å². The molecule has 0 heterocycles. The van der Waals surface area contributed by atoms with E-state index in [4.69, 9.17) is 48.9 Å². The molecule has 2 atom stereocenters. The molecule has 4 aromatic rings. The number of hydrogen-bond donors (Lipinski definition) is 2. The Morgan fingerprint density at radius 1 is 0.860 bits per heavy atom. The fourth-order valence-electron chi connectivity index (χ4n) is 5.24. The third-order valence-corrected chi connectivity index (χ3v) is 7.98. The second-order valence-electron chi connectivity index (χ2n) is 10.7. The van der Waals surface area contributed by atoms with Crippen molar-refractivity contribution in [1.29, 1.82) is 0 Å². The van der Waals surface area contributed by atoms with E-state index in [0.29, 0.717) is 35.6 Å². The van der Waals surface area contributed by atoms with Crippen LogP contribution in [0.15, 0.2) is 78.9 Å². The Bertz CT molecular complexity index is 1520. The summed E-state index contributed by atoms with van der Waals surface area (Å²) in [6.07, 6.45) is 0.0438. The third kappa shape index (κ3) is 8.66. The van der Waals surface area contributed by atoms with Crippen LogP contribution in [0.2, 0.25) is 10.0 Å². The van der Waals surface area contributed by atoms with Crippen molar-refractivity contribution in [3.8, 4) is 22.6 Å². The topological polar surface area (TPSA) is 96.8 Å². The summed E-state index contributed by atoms with van der Waals surface area (Å²) in [6, 6.07) is 26.4. The number of primary amides is 1. The average Bonchev–Trinajstić information content (AvgIpc) is 2.98. The van der Waals surface area contributed by atoms with E-state index in [1.807, 2.05) is 50.2 Å². The van der Waals surface area contributed by atoms with Crippen molar-refractivity contribution in [1.82, 2.24) is 0 Å². The Hall–Kier alpha value is -3.71. The monoisotopic (exact) mass is 620 g/mol. The fourth-order valence-corrected chi connectivity index (χ4v) is 5.95. The first kappa shape index (κ1) is 32.2. The van der Waals surface area contributed by atoms with Gasteiger partial charge in [0.15, 0.2) is 5.75 Å². The summed E-state index contributed by atoms with van der Waals surface area (Å²) in [4.78, 5) is 11.1. The van der Waals surface area contributed by atoms with Gasteiger partial charge in [0.1, 0.15) is 19.0 Å². The van der Waals surface area contributed by atoms with Crippen molar-refractivity contribution >= 4 is 29.3 Å². The van der Waals surface area contributed by atoms with Crippen LogP contribution in [0.1, 0.15) is 46.6 Å². The number of halogens is 2. The van der Waals surface area contributed by atoms with Gasteiger partial charge in [-0.1, -0.05) is 84.7 Å². The van der Waals surface area contributed by atoms with Gasteiger partial charge < -0.3 is 25.7 Å². The number of amides is 1. The lowest BCUT2D eigenvalue weighted by molar-refractivity contribution is 0.151. The summed E-state index contributed by atoms with van der Waals surface area (Å²) in [6.45, 7) is 7.51. The number of hydrogen-bond acceptors (Lipinski definition) is 5. The van der Waals surface area contributed by atoms with E-state index in [1.54, 1.807) is 0 Å². The predicted molar refractivity (Wildman–Crippen MR) is 175 cm³/mol. The molecule has 0 fully saturated rings. The minimum absolute atomic E-state index is 0.00476. The summed E-state index contributed by atoms with van der Waals surface area (Å²) in [7, 11) is 0. The van der Waals surface area contributed by atoms with E-state index in [9.17, 15) is 4.79 Å². The minimum Gasteiger partial charge on any atom is -0.490 e. The van der Waals surface area contributed by atoms with Crippen LogP contribution in [0, 0.1) is 13.8 Å². The van der Waals surface area contributed by atoms with Gasteiger partial charge in [-0.2, -0.15) is 0 Å². The Morgan fingerprint density at radius 2 is 1.53 bits per heavy atom. The van der Waals surface area contributed by atoms with Crippen molar-refractivity contribution in [2.24, 2.45) is 11.5 Å². The van der Waals surface area contributed by atoms with Crippen LogP contribution in [0.3, 0.4) is 0 Å². The number of aryl methyl sites for hydroxylation is 2. The maximum absolute atomic E-state index is 11.1. The molecule has 0 aliphatic rings. The lowest BCUT2D eigenvalue weighted by Gasteiger charge is -2.21. The van der Waals surface area contributed by atoms with Gasteiger partial charge >= 0.3 is 6.09 Å². The molecule has 0 saturated heterocycles. The van der Waals surface area contributed by atoms with E-state index >= 15 is 0 Å². The van der Waals surface area contributed by atoms with Crippen molar-refractivity contribution in [2.75, 3.05) is 26.4 Å². The van der Waals surface area contributed by atoms with Crippen LogP contribution in [-0.4, -0.2) is 32.5 Å². The molecule has 2 unspecified atom stereocenters. The molecule has 4 N–H and O–H groups in total. The van der Waals surface area contributed by atoms with Crippen LogP contribution in [-0.2, 0) is 11.2 Å². The number of rotatable bonds is 13. The number of nitrogens with two attached hydrogens (primary N) is 2. The Balaban J connectivity index is 1.37. The summed E-state index contributed by atoms with van der Waals surface area (Å²) in [5.41, 5.74) is 19.3. The maximum atomic E-state index is 11.1. The lowest BCUT2D eigenvalue weighted by Crippen LogP contribution is -2.17. The first-order valence-corrected chi connectivity index (χ1v) is 15.0. The first-order chi connectivity index (χ1) is 20.7. The molecule has 4 rings (SSSR count). The molecule has 1 amide bonds. The van der Waals surface area contributed by atoms with Crippen LogP contribution < -0.4 is 20.9 Å². The summed E-state index contributed by atoms with van der Waals surface area (Å²) in [5.74, 6) is 1.39. The second-order valence-corrected chi connectivity index (χ2v) is 11.5. The van der Waals surface area contributed by atoms with E-state index in [0.717, 1.165) is 34.4 Å². The minimum atomic E-state index is -0.764. The summed E-state index contributed by atoms with van der Waals surface area (Å²) >= 11 is 12.5. The standard InChI is InChI=1S/C35H38Cl2N2O4/c1-22-16-32(36)34(33(37)17-22)42-15-14-41-28-11-8-25(9-12-28)19-27(20-38)29-13-10-26(18-23(29)2)31-7-5-4-6-30(31)24(3)21-43-35(39)40/h4-13,16-18,24,27H,14-15,19-21,38H2,1-3H3,(H2,39,40). The molecule has 226 valence electrons. The number of carbonyl (C=O) groups is 1. The fraction of sp³-hybridized carbons (Fsp3) is 0.286. The molecule has 0 bridgehead atoms. The van der Waals surface area contributed by atoms with Gasteiger partial charge in [0.25, 0.3) is 0 Å². The van der Waals surface area contributed by atoms with Crippen molar-refractivity contribution < 1.29 is 19.0 Å². The zero-order chi connectivity index (χ0) is 30.9. The van der Waals surface area contributed by atoms with Gasteiger partial charge in [-0.25, -0.2) is 4.79 Å². The SMILES string of the molecule is Cc1cc(Cl)c(OCCOc2ccc(CC(CN)c3ccc(-c4ccccc4C(C)COC(N)=O)cc3C)cc2)c(Cl)c1. The quantitative estimate of drug-likeness (QED) is 0.147. The first-order valence-electron chi connectivity index (χ1n) is 14.3. The number of carbonyl (C=O) groups excluding carboxylic acids is 1. The van der Waals surface area contributed by atoms with Crippen LogP contribution >= 0.6 is 23.2 Å². The molecule has 0 saturated carbocycles. The molecule has 0 spiro atoms. The molecule has 43 heavy (non-hydrogen) atoms. The van der Waals surface area contributed by atoms with Gasteiger partial charge in [0.2, 0.25) is 0 Å². The largest absolute Gasteiger partial charge is 0.490 e. The predicted octanol–water partition coefficient (Wildman–Crippen LogP) is 8.22. The molecule has 4 aromatic carbocycles. The molecule has 0 radical (unpaired) electrons. The highest BCUT2D eigenvalue weighted by molar-refractivity contribution is 6.37. The van der Waals surface area contributed by atoms with Gasteiger partial charge in [0, 0.05) is 11.8 Å². The zero-order valence-electron chi connectivity index (χ0n) is 24.7. The van der Waals surface area contributed by atoms with Crippen LogP contribution in [0.25, 0.3) is 11.1 Å². The lowest BCUT2D eigenvalue weighted by atomic mass is 9.86. The molecular formula is C35H38Cl2N2O4. The molecule has 0 aliphatic heterocycles. The van der Waals surface area contributed by atoms with Crippen molar-refractivity contribution in [3.63, 3.8) is 0 Å². The van der Waals surface area contributed by atoms with Crippen molar-refractivity contribution in [2.45, 2.75) is 39.0 Å². The second kappa shape index (κ2) is 15.1. The number of benzene rings is 4. The summed E-state index contributed by atoms with van der Waals surface area (Å²) in [5, 5.41) is 0.973.